The molecule has 1 amide bonds. The first-order valence-electron chi connectivity index (χ1n) is 6.70. The molecule has 0 saturated carbocycles. The molecule has 18 heavy (non-hydrogen) atoms. The Bertz CT molecular complexity index is 324. The summed E-state index contributed by atoms with van der Waals surface area (Å²) in [4.78, 5) is 25.7. The zero-order valence-corrected chi connectivity index (χ0v) is 11.1. The Labute approximate surface area is 108 Å². The minimum absolute atomic E-state index is 0.0295. The molecule has 2 unspecified atom stereocenters. The minimum Gasteiger partial charge on any atom is -0.469 e. The third kappa shape index (κ3) is 2.66. The van der Waals surface area contributed by atoms with E-state index in [9.17, 15) is 9.59 Å². The largest absolute Gasteiger partial charge is 0.469 e. The van der Waals surface area contributed by atoms with Gasteiger partial charge in [0.05, 0.1) is 18.9 Å². The Morgan fingerprint density at radius 2 is 1.89 bits per heavy atom. The minimum atomic E-state index is -0.141. The van der Waals surface area contributed by atoms with E-state index in [4.69, 9.17) is 4.74 Å². The first-order chi connectivity index (χ1) is 8.63. The molecular weight excluding hydrogens is 232 g/mol. The Kier molecular flexibility index (Phi) is 4.22. The van der Waals surface area contributed by atoms with Crippen LogP contribution in [0.15, 0.2) is 0 Å². The molecule has 0 spiro atoms. The molecule has 0 aromatic carbocycles. The van der Waals surface area contributed by atoms with Gasteiger partial charge in [0, 0.05) is 19.6 Å². The quantitative estimate of drug-likeness (QED) is 0.718. The fraction of sp³-hybridized carbons (Fsp3) is 0.846. The van der Waals surface area contributed by atoms with Crippen molar-refractivity contribution in [2.24, 2.45) is 17.8 Å². The Morgan fingerprint density at radius 1 is 1.22 bits per heavy atom. The number of esters is 1. The fourth-order valence-electron chi connectivity index (χ4n) is 2.88. The van der Waals surface area contributed by atoms with Gasteiger partial charge in [-0.05, 0) is 25.3 Å². The maximum atomic E-state index is 12.3. The number of likely N-dealkylation sites (tertiary alicyclic amines) is 1. The van der Waals surface area contributed by atoms with Crippen LogP contribution in [0, 0.1) is 17.8 Å². The molecule has 2 atom stereocenters. The summed E-state index contributed by atoms with van der Waals surface area (Å²) in [5.74, 6) is 0.600. The molecule has 0 aliphatic carbocycles. The van der Waals surface area contributed by atoms with Crippen molar-refractivity contribution in [2.45, 2.75) is 19.8 Å². The molecule has 2 aliphatic heterocycles. The fourth-order valence-corrected chi connectivity index (χ4v) is 2.88. The maximum absolute atomic E-state index is 12.3. The highest BCUT2D eigenvalue weighted by Crippen LogP contribution is 2.23. The molecule has 0 bridgehead atoms. The van der Waals surface area contributed by atoms with Crippen LogP contribution in [-0.2, 0) is 14.3 Å². The molecule has 2 heterocycles. The van der Waals surface area contributed by atoms with Crippen molar-refractivity contribution in [1.82, 2.24) is 10.2 Å². The Balaban J connectivity index is 1.86. The van der Waals surface area contributed by atoms with Crippen LogP contribution in [0.25, 0.3) is 0 Å². The van der Waals surface area contributed by atoms with E-state index in [1.165, 1.54) is 7.11 Å². The van der Waals surface area contributed by atoms with Crippen molar-refractivity contribution in [3.63, 3.8) is 0 Å². The highest BCUT2D eigenvalue weighted by atomic mass is 16.5. The molecule has 5 nitrogen and oxygen atoms in total. The zero-order valence-electron chi connectivity index (χ0n) is 11.1. The van der Waals surface area contributed by atoms with Crippen molar-refractivity contribution in [3.8, 4) is 0 Å². The predicted molar refractivity (Wildman–Crippen MR) is 66.8 cm³/mol. The van der Waals surface area contributed by atoms with Gasteiger partial charge in [0.2, 0.25) is 5.91 Å². The summed E-state index contributed by atoms with van der Waals surface area (Å²) in [6.07, 6.45) is 1.46. The highest BCUT2D eigenvalue weighted by molar-refractivity contribution is 5.80. The molecule has 2 rings (SSSR count). The average molecular weight is 254 g/mol. The van der Waals surface area contributed by atoms with E-state index in [0.717, 1.165) is 25.9 Å². The van der Waals surface area contributed by atoms with Crippen LogP contribution in [0.2, 0.25) is 0 Å². The molecule has 1 N–H and O–H groups in total. The van der Waals surface area contributed by atoms with Crippen LogP contribution in [0.1, 0.15) is 19.8 Å². The van der Waals surface area contributed by atoms with Crippen LogP contribution in [0.4, 0.5) is 0 Å². The van der Waals surface area contributed by atoms with Gasteiger partial charge >= 0.3 is 5.97 Å². The molecule has 102 valence electrons. The van der Waals surface area contributed by atoms with Crippen molar-refractivity contribution in [1.29, 1.82) is 0 Å². The van der Waals surface area contributed by atoms with E-state index < -0.39 is 0 Å². The van der Waals surface area contributed by atoms with E-state index in [1.54, 1.807) is 0 Å². The second kappa shape index (κ2) is 5.69. The highest BCUT2D eigenvalue weighted by Gasteiger charge is 2.35. The lowest BCUT2D eigenvalue weighted by Crippen LogP contribution is -2.44. The van der Waals surface area contributed by atoms with E-state index in [0.29, 0.717) is 19.0 Å². The van der Waals surface area contributed by atoms with Crippen LogP contribution in [-0.4, -0.2) is 50.1 Å². The SMILES string of the molecule is COC(=O)C1CCN(C(=O)C2CNCC2C)CC1. The van der Waals surface area contributed by atoms with Gasteiger partial charge in [0.15, 0.2) is 0 Å². The number of nitrogens with one attached hydrogen (secondary N) is 1. The number of rotatable bonds is 2. The lowest BCUT2D eigenvalue weighted by molar-refractivity contribution is -0.149. The van der Waals surface area contributed by atoms with Crippen LogP contribution in [0.3, 0.4) is 0 Å². The van der Waals surface area contributed by atoms with E-state index in [2.05, 4.69) is 12.2 Å². The number of carbonyl (C=O) groups is 2. The molecule has 2 saturated heterocycles. The van der Waals surface area contributed by atoms with Gasteiger partial charge in [-0.25, -0.2) is 0 Å². The zero-order chi connectivity index (χ0) is 13.1. The maximum Gasteiger partial charge on any atom is 0.308 e. The normalized spacial score (nSPS) is 29.3. The monoisotopic (exact) mass is 254 g/mol. The number of ether oxygens (including phenoxy) is 1. The molecule has 0 radical (unpaired) electrons. The topological polar surface area (TPSA) is 58.6 Å². The molecule has 0 aromatic heterocycles. The van der Waals surface area contributed by atoms with Gasteiger partial charge in [-0.15, -0.1) is 0 Å². The van der Waals surface area contributed by atoms with Gasteiger partial charge in [0.1, 0.15) is 0 Å². The van der Waals surface area contributed by atoms with Gasteiger partial charge in [-0.3, -0.25) is 9.59 Å². The lowest BCUT2D eigenvalue weighted by Gasteiger charge is -2.33. The van der Waals surface area contributed by atoms with Crippen LogP contribution < -0.4 is 5.32 Å². The average Bonchev–Trinajstić information content (AvgIpc) is 2.83. The third-order valence-electron chi connectivity index (χ3n) is 4.18. The Morgan fingerprint density at radius 3 is 2.39 bits per heavy atom. The number of piperidine rings is 1. The predicted octanol–water partition coefficient (Wildman–Crippen LogP) is 0.254. The molecule has 2 fully saturated rings. The summed E-state index contributed by atoms with van der Waals surface area (Å²) in [6, 6.07) is 0. The van der Waals surface area contributed by atoms with Gasteiger partial charge < -0.3 is 15.0 Å². The van der Waals surface area contributed by atoms with Crippen molar-refractivity contribution < 1.29 is 14.3 Å². The first-order valence-corrected chi connectivity index (χ1v) is 6.70. The Hall–Kier alpha value is -1.10. The lowest BCUT2D eigenvalue weighted by atomic mass is 9.93. The van der Waals surface area contributed by atoms with Gasteiger partial charge in [-0.1, -0.05) is 6.92 Å². The standard InChI is InChI=1S/C13H22N2O3/c1-9-7-14-8-11(9)12(16)15-5-3-10(4-6-15)13(17)18-2/h9-11,14H,3-8H2,1-2H3. The van der Waals surface area contributed by atoms with Crippen LogP contribution >= 0.6 is 0 Å². The van der Waals surface area contributed by atoms with Gasteiger partial charge in [-0.2, -0.15) is 0 Å². The summed E-state index contributed by atoms with van der Waals surface area (Å²) >= 11 is 0. The summed E-state index contributed by atoms with van der Waals surface area (Å²) in [5.41, 5.74) is 0. The number of nitrogens with zero attached hydrogens (tertiary/aromatic N) is 1. The van der Waals surface area contributed by atoms with Crippen molar-refractivity contribution >= 4 is 11.9 Å². The molecular formula is C13H22N2O3. The first kappa shape index (κ1) is 13.3. The van der Waals surface area contributed by atoms with E-state index >= 15 is 0 Å². The van der Waals surface area contributed by atoms with Crippen molar-refractivity contribution in [2.75, 3.05) is 33.3 Å². The molecule has 5 heteroatoms. The van der Waals surface area contributed by atoms with Crippen molar-refractivity contribution in [3.05, 3.63) is 0 Å². The third-order valence-corrected chi connectivity index (χ3v) is 4.18. The van der Waals surface area contributed by atoms with E-state index in [1.807, 2.05) is 4.90 Å². The molecule has 2 aliphatic rings. The summed E-state index contributed by atoms with van der Waals surface area (Å²) < 4.78 is 4.75. The summed E-state index contributed by atoms with van der Waals surface area (Å²) in [5, 5.41) is 3.26. The number of amides is 1. The molecule has 0 aromatic rings. The number of hydrogen-bond acceptors (Lipinski definition) is 4. The number of hydrogen-bond donors (Lipinski definition) is 1. The van der Waals surface area contributed by atoms with Gasteiger partial charge in [0.25, 0.3) is 0 Å². The van der Waals surface area contributed by atoms with E-state index in [-0.39, 0.29) is 23.7 Å². The summed E-state index contributed by atoms with van der Waals surface area (Å²) in [6.45, 7) is 5.19. The number of methoxy groups -OCH3 is 1. The van der Waals surface area contributed by atoms with Crippen LogP contribution in [0.5, 0.6) is 0 Å². The second-order valence-electron chi connectivity index (χ2n) is 5.36. The second-order valence-corrected chi connectivity index (χ2v) is 5.36. The smallest absolute Gasteiger partial charge is 0.308 e. The number of carbonyl (C=O) groups excluding carboxylic acids is 2. The summed E-state index contributed by atoms with van der Waals surface area (Å²) in [7, 11) is 1.42.